The van der Waals surface area contributed by atoms with E-state index in [0.717, 1.165) is 12.1 Å². The quantitative estimate of drug-likeness (QED) is 0.799. The van der Waals surface area contributed by atoms with Crippen molar-refractivity contribution in [2.75, 3.05) is 13.1 Å². The molecule has 0 saturated heterocycles. The standard InChI is InChI=1S/C12H14FN3O3S/c1-2-15-12(17)6-7-16-20(18,19)11-5-3-4-10(13)9(11)8-14/h3-5,16H,2,6-7H2,1H3,(H,15,17). The number of nitrogens with one attached hydrogen (secondary N) is 2. The first-order valence-electron chi connectivity index (χ1n) is 5.87. The second-order valence-corrected chi connectivity index (χ2v) is 5.56. The van der Waals surface area contributed by atoms with Gasteiger partial charge in [-0.1, -0.05) is 6.07 Å². The number of amides is 1. The van der Waals surface area contributed by atoms with Crippen LogP contribution >= 0.6 is 0 Å². The molecule has 1 aromatic carbocycles. The molecule has 0 unspecified atom stereocenters. The molecule has 0 saturated carbocycles. The van der Waals surface area contributed by atoms with E-state index in [1.165, 1.54) is 12.1 Å². The summed E-state index contributed by atoms with van der Waals surface area (Å²) >= 11 is 0. The minimum atomic E-state index is -4.03. The smallest absolute Gasteiger partial charge is 0.242 e. The molecule has 0 fully saturated rings. The van der Waals surface area contributed by atoms with Gasteiger partial charge in [-0.3, -0.25) is 4.79 Å². The molecule has 2 N–H and O–H groups in total. The summed E-state index contributed by atoms with van der Waals surface area (Å²) in [5.41, 5.74) is -0.544. The SMILES string of the molecule is CCNC(=O)CCNS(=O)(=O)c1cccc(F)c1C#N. The molecular weight excluding hydrogens is 285 g/mol. The predicted molar refractivity (Wildman–Crippen MR) is 69.6 cm³/mol. The Balaban J connectivity index is 2.83. The number of benzene rings is 1. The van der Waals surface area contributed by atoms with Crippen LogP contribution in [0, 0.1) is 17.1 Å². The number of nitriles is 1. The molecule has 1 amide bonds. The number of halogens is 1. The first-order valence-corrected chi connectivity index (χ1v) is 7.35. The van der Waals surface area contributed by atoms with Gasteiger partial charge in [0.05, 0.1) is 0 Å². The van der Waals surface area contributed by atoms with Crippen LogP contribution in [0.1, 0.15) is 18.9 Å². The van der Waals surface area contributed by atoms with Crippen LogP contribution in [0.2, 0.25) is 0 Å². The van der Waals surface area contributed by atoms with Gasteiger partial charge in [-0.25, -0.2) is 17.5 Å². The molecule has 0 bridgehead atoms. The lowest BCUT2D eigenvalue weighted by Gasteiger charge is -2.08. The Hall–Kier alpha value is -1.98. The number of nitrogens with zero attached hydrogens (tertiary/aromatic N) is 1. The molecule has 20 heavy (non-hydrogen) atoms. The van der Waals surface area contributed by atoms with Crippen molar-refractivity contribution in [2.45, 2.75) is 18.2 Å². The van der Waals surface area contributed by atoms with E-state index < -0.39 is 26.3 Å². The normalized spacial score (nSPS) is 10.8. The zero-order valence-corrected chi connectivity index (χ0v) is 11.6. The maximum absolute atomic E-state index is 13.4. The molecule has 8 heteroatoms. The van der Waals surface area contributed by atoms with Crippen molar-refractivity contribution in [1.29, 1.82) is 5.26 Å². The van der Waals surface area contributed by atoms with E-state index in [1.54, 1.807) is 6.92 Å². The topological polar surface area (TPSA) is 99.1 Å². The molecule has 0 aromatic heterocycles. The summed E-state index contributed by atoms with van der Waals surface area (Å²) in [6.07, 6.45) is -0.0374. The first-order chi connectivity index (χ1) is 9.42. The number of carbonyl (C=O) groups is 1. The van der Waals surface area contributed by atoms with Crippen LogP contribution in [0.5, 0.6) is 0 Å². The Morgan fingerprint density at radius 3 is 2.75 bits per heavy atom. The van der Waals surface area contributed by atoms with Crippen molar-refractivity contribution in [3.63, 3.8) is 0 Å². The van der Waals surface area contributed by atoms with Gasteiger partial charge >= 0.3 is 0 Å². The fourth-order valence-corrected chi connectivity index (χ4v) is 2.69. The molecule has 0 spiro atoms. The Bertz CT molecular complexity index is 638. The van der Waals surface area contributed by atoms with Crippen LogP contribution in [0.15, 0.2) is 23.1 Å². The first kappa shape index (κ1) is 16.1. The summed E-state index contributed by atoms with van der Waals surface area (Å²) in [4.78, 5) is 10.8. The van der Waals surface area contributed by atoms with Crippen molar-refractivity contribution >= 4 is 15.9 Å². The van der Waals surface area contributed by atoms with E-state index in [4.69, 9.17) is 5.26 Å². The number of carbonyl (C=O) groups excluding carboxylic acids is 1. The highest BCUT2D eigenvalue weighted by molar-refractivity contribution is 7.89. The summed E-state index contributed by atoms with van der Waals surface area (Å²) < 4.78 is 39.4. The Kier molecular flexibility index (Phi) is 5.61. The summed E-state index contributed by atoms with van der Waals surface area (Å²) in [5.74, 6) is -1.20. The van der Waals surface area contributed by atoms with Crippen LogP contribution in [-0.4, -0.2) is 27.4 Å². The highest BCUT2D eigenvalue weighted by atomic mass is 32.2. The highest BCUT2D eigenvalue weighted by Gasteiger charge is 2.20. The van der Waals surface area contributed by atoms with Crippen molar-refractivity contribution in [1.82, 2.24) is 10.0 Å². The van der Waals surface area contributed by atoms with Gasteiger partial charge in [0, 0.05) is 19.5 Å². The molecular formula is C12H14FN3O3S. The van der Waals surface area contributed by atoms with Gasteiger partial charge in [-0.15, -0.1) is 0 Å². The van der Waals surface area contributed by atoms with Crippen LogP contribution < -0.4 is 10.0 Å². The Morgan fingerprint density at radius 2 is 2.15 bits per heavy atom. The summed E-state index contributed by atoms with van der Waals surface area (Å²) in [7, 11) is -4.03. The van der Waals surface area contributed by atoms with Crippen LogP contribution in [-0.2, 0) is 14.8 Å². The lowest BCUT2D eigenvalue weighted by Crippen LogP contribution is -2.31. The molecule has 108 valence electrons. The molecule has 0 radical (unpaired) electrons. The number of rotatable bonds is 6. The van der Waals surface area contributed by atoms with E-state index >= 15 is 0 Å². The zero-order chi connectivity index (χ0) is 15.2. The van der Waals surface area contributed by atoms with Gasteiger partial charge in [0.2, 0.25) is 15.9 Å². The Morgan fingerprint density at radius 1 is 1.45 bits per heavy atom. The van der Waals surface area contributed by atoms with E-state index in [-0.39, 0.29) is 18.9 Å². The number of sulfonamides is 1. The molecule has 0 aliphatic rings. The van der Waals surface area contributed by atoms with Gasteiger partial charge in [-0.05, 0) is 19.1 Å². The minimum absolute atomic E-state index is 0.0374. The van der Waals surface area contributed by atoms with Gasteiger partial charge < -0.3 is 5.32 Å². The molecule has 0 heterocycles. The largest absolute Gasteiger partial charge is 0.356 e. The highest BCUT2D eigenvalue weighted by Crippen LogP contribution is 2.17. The second kappa shape index (κ2) is 6.98. The fraction of sp³-hybridized carbons (Fsp3) is 0.333. The Labute approximate surface area is 116 Å². The molecule has 6 nitrogen and oxygen atoms in total. The lowest BCUT2D eigenvalue weighted by molar-refractivity contribution is -0.120. The van der Waals surface area contributed by atoms with Crippen LogP contribution in [0.4, 0.5) is 4.39 Å². The average Bonchev–Trinajstić information content (AvgIpc) is 2.38. The third kappa shape index (κ3) is 4.01. The molecule has 1 aromatic rings. The van der Waals surface area contributed by atoms with Gasteiger partial charge in [-0.2, -0.15) is 5.26 Å². The molecule has 0 aliphatic heterocycles. The summed E-state index contributed by atoms with van der Waals surface area (Å²) in [6, 6.07) is 4.86. The summed E-state index contributed by atoms with van der Waals surface area (Å²) in [5, 5.41) is 11.3. The van der Waals surface area contributed by atoms with Gasteiger partial charge in [0.15, 0.2) is 0 Å². The third-order valence-corrected chi connectivity index (χ3v) is 3.90. The lowest BCUT2D eigenvalue weighted by atomic mass is 10.2. The third-order valence-electron chi connectivity index (χ3n) is 2.39. The molecule has 0 atom stereocenters. The second-order valence-electron chi connectivity index (χ2n) is 3.83. The fourth-order valence-electron chi connectivity index (χ4n) is 1.50. The zero-order valence-electron chi connectivity index (χ0n) is 10.8. The van der Waals surface area contributed by atoms with Crippen LogP contribution in [0.3, 0.4) is 0 Å². The number of hydrogen-bond donors (Lipinski definition) is 2. The number of hydrogen-bond acceptors (Lipinski definition) is 4. The maximum Gasteiger partial charge on any atom is 0.242 e. The maximum atomic E-state index is 13.4. The van der Waals surface area contributed by atoms with E-state index in [1.807, 2.05) is 0 Å². The monoisotopic (exact) mass is 299 g/mol. The molecule has 0 aliphatic carbocycles. The van der Waals surface area contributed by atoms with Crippen molar-refractivity contribution in [2.24, 2.45) is 0 Å². The van der Waals surface area contributed by atoms with E-state index in [2.05, 4.69) is 10.0 Å². The van der Waals surface area contributed by atoms with Gasteiger partial charge in [0.1, 0.15) is 22.3 Å². The molecule has 1 rings (SSSR count). The summed E-state index contributed by atoms with van der Waals surface area (Å²) in [6.45, 7) is 2.07. The van der Waals surface area contributed by atoms with E-state index in [0.29, 0.717) is 6.54 Å². The predicted octanol–water partition coefficient (Wildman–Crippen LogP) is 0.502. The van der Waals surface area contributed by atoms with Crippen molar-refractivity contribution in [3.05, 3.63) is 29.6 Å². The van der Waals surface area contributed by atoms with Crippen molar-refractivity contribution in [3.8, 4) is 6.07 Å². The minimum Gasteiger partial charge on any atom is -0.356 e. The average molecular weight is 299 g/mol. The van der Waals surface area contributed by atoms with Crippen molar-refractivity contribution < 1.29 is 17.6 Å². The van der Waals surface area contributed by atoms with E-state index in [9.17, 15) is 17.6 Å². The van der Waals surface area contributed by atoms with Gasteiger partial charge in [0.25, 0.3) is 0 Å². The van der Waals surface area contributed by atoms with Crippen LogP contribution in [0.25, 0.3) is 0 Å².